The van der Waals surface area contributed by atoms with Crippen LogP contribution in [0.1, 0.15) is 26.2 Å². The van der Waals surface area contributed by atoms with Gasteiger partial charge < -0.3 is 14.2 Å². The Labute approximate surface area is 151 Å². The molecule has 0 N–H and O–H groups in total. The van der Waals surface area contributed by atoms with Crippen LogP contribution in [-0.4, -0.2) is 44.6 Å². The average molecular weight is 362 g/mol. The van der Waals surface area contributed by atoms with Crippen LogP contribution in [0.2, 0.25) is 0 Å². The lowest BCUT2D eigenvalue weighted by Gasteiger charge is -2.43. The SMILES string of the molecule is CCCC[C@H]1C(=O)O[C@@H]2[C@H]1N(C(=O)OC)c1ccccc1N2C(=O)OC. The van der Waals surface area contributed by atoms with Gasteiger partial charge in [0, 0.05) is 0 Å². The summed E-state index contributed by atoms with van der Waals surface area (Å²) in [4.78, 5) is 40.2. The largest absolute Gasteiger partial charge is 0.452 e. The zero-order valence-electron chi connectivity index (χ0n) is 15.0. The van der Waals surface area contributed by atoms with Gasteiger partial charge in [0.1, 0.15) is 6.04 Å². The summed E-state index contributed by atoms with van der Waals surface area (Å²) in [6, 6.07) is 6.19. The Hall–Kier alpha value is -2.77. The molecule has 3 atom stereocenters. The van der Waals surface area contributed by atoms with Crippen LogP contribution in [0.5, 0.6) is 0 Å². The summed E-state index contributed by atoms with van der Waals surface area (Å²) in [5.74, 6) is -0.969. The molecule has 2 heterocycles. The fourth-order valence-electron chi connectivity index (χ4n) is 3.63. The maximum Gasteiger partial charge on any atom is 0.417 e. The molecule has 2 amide bonds. The van der Waals surface area contributed by atoms with Crippen molar-refractivity contribution in [2.75, 3.05) is 24.0 Å². The van der Waals surface area contributed by atoms with Crippen molar-refractivity contribution < 1.29 is 28.6 Å². The van der Waals surface area contributed by atoms with Gasteiger partial charge in [-0.1, -0.05) is 31.9 Å². The van der Waals surface area contributed by atoms with Crippen LogP contribution < -0.4 is 9.80 Å². The van der Waals surface area contributed by atoms with Gasteiger partial charge in [0.05, 0.1) is 31.5 Å². The Bertz CT molecular complexity index is 721. The molecule has 140 valence electrons. The number of fused-ring (bicyclic) bond motifs is 2. The molecule has 0 unspecified atom stereocenters. The van der Waals surface area contributed by atoms with Crippen LogP contribution in [0.4, 0.5) is 21.0 Å². The molecule has 3 rings (SSSR count). The minimum atomic E-state index is -0.953. The zero-order chi connectivity index (χ0) is 18.8. The number of rotatable bonds is 3. The second kappa shape index (κ2) is 7.23. The van der Waals surface area contributed by atoms with Gasteiger partial charge in [-0.2, -0.15) is 0 Å². The van der Waals surface area contributed by atoms with Crippen molar-refractivity contribution in [1.82, 2.24) is 0 Å². The minimum Gasteiger partial charge on any atom is -0.452 e. The van der Waals surface area contributed by atoms with Crippen LogP contribution in [-0.2, 0) is 19.0 Å². The fraction of sp³-hybridized carbons (Fsp3) is 0.500. The maximum absolute atomic E-state index is 12.5. The van der Waals surface area contributed by atoms with Crippen molar-refractivity contribution in [2.24, 2.45) is 5.92 Å². The van der Waals surface area contributed by atoms with Crippen molar-refractivity contribution in [3.63, 3.8) is 0 Å². The third kappa shape index (κ3) is 2.75. The summed E-state index contributed by atoms with van der Waals surface area (Å²) in [7, 11) is 2.54. The number of benzene rings is 1. The number of esters is 1. The number of hydrogen-bond acceptors (Lipinski definition) is 6. The van der Waals surface area contributed by atoms with Crippen molar-refractivity contribution in [3.05, 3.63) is 24.3 Å². The highest BCUT2D eigenvalue weighted by atomic mass is 16.6. The van der Waals surface area contributed by atoms with Crippen molar-refractivity contribution in [1.29, 1.82) is 0 Å². The molecule has 0 spiro atoms. The van der Waals surface area contributed by atoms with Gasteiger partial charge in [-0.05, 0) is 18.6 Å². The zero-order valence-corrected chi connectivity index (χ0v) is 15.0. The van der Waals surface area contributed by atoms with Gasteiger partial charge in [0.25, 0.3) is 0 Å². The molecule has 0 bridgehead atoms. The lowest BCUT2D eigenvalue weighted by atomic mass is 9.91. The number of para-hydroxylation sites is 2. The van der Waals surface area contributed by atoms with E-state index >= 15 is 0 Å². The minimum absolute atomic E-state index is 0.426. The lowest BCUT2D eigenvalue weighted by molar-refractivity contribution is -0.144. The Morgan fingerprint density at radius 2 is 1.65 bits per heavy atom. The van der Waals surface area contributed by atoms with E-state index in [-0.39, 0.29) is 0 Å². The molecule has 0 saturated carbocycles. The number of ether oxygens (including phenoxy) is 3. The third-order valence-electron chi connectivity index (χ3n) is 4.81. The molecular formula is C18H22N2O6. The van der Waals surface area contributed by atoms with Gasteiger partial charge in [0.2, 0.25) is 6.23 Å². The van der Waals surface area contributed by atoms with Crippen LogP contribution in [0.15, 0.2) is 24.3 Å². The number of carbonyl (C=O) groups excluding carboxylic acids is 3. The summed E-state index contributed by atoms with van der Waals surface area (Å²) in [6.07, 6.45) is 0.0545. The van der Waals surface area contributed by atoms with E-state index in [0.29, 0.717) is 17.8 Å². The number of unbranched alkanes of at least 4 members (excludes halogenated alkanes) is 1. The second-order valence-corrected chi connectivity index (χ2v) is 6.24. The first-order valence-corrected chi connectivity index (χ1v) is 8.59. The Morgan fingerprint density at radius 1 is 1.08 bits per heavy atom. The van der Waals surface area contributed by atoms with E-state index in [4.69, 9.17) is 14.2 Å². The molecule has 8 nitrogen and oxygen atoms in total. The Kier molecular flexibility index (Phi) is 5.01. The normalized spacial score (nSPS) is 23.8. The van der Waals surface area contributed by atoms with Crippen LogP contribution in [0.25, 0.3) is 0 Å². The van der Waals surface area contributed by atoms with E-state index < -0.39 is 36.3 Å². The molecule has 1 fully saturated rings. The molecule has 2 aliphatic rings. The van der Waals surface area contributed by atoms with E-state index in [1.807, 2.05) is 6.92 Å². The van der Waals surface area contributed by atoms with Crippen molar-refractivity contribution in [2.45, 2.75) is 38.5 Å². The first kappa shape index (κ1) is 18.0. The average Bonchev–Trinajstić information content (AvgIpc) is 2.98. The van der Waals surface area contributed by atoms with E-state index in [1.54, 1.807) is 24.3 Å². The Morgan fingerprint density at radius 3 is 2.23 bits per heavy atom. The predicted octanol–water partition coefficient (Wildman–Crippen LogP) is 2.90. The quantitative estimate of drug-likeness (QED) is 0.607. The lowest BCUT2D eigenvalue weighted by Crippen LogP contribution is -2.59. The Balaban J connectivity index is 2.14. The van der Waals surface area contributed by atoms with Crippen LogP contribution >= 0.6 is 0 Å². The van der Waals surface area contributed by atoms with Gasteiger partial charge in [-0.3, -0.25) is 9.69 Å². The number of nitrogens with zero attached hydrogens (tertiary/aromatic N) is 2. The summed E-state index contributed by atoms with van der Waals surface area (Å²) in [5, 5.41) is 0. The highest BCUT2D eigenvalue weighted by Crippen LogP contribution is 2.45. The molecule has 8 heteroatoms. The summed E-state index contributed by atoms with van der Waals surface area (Å²) >= 11 is 0. The van der Waals surface area contributed by atoms with Gasteiger partial charge in [-0.15, -0.1) is 0 Å². The predicted molar refractivity (Wildman–Crippen MR) is 92.9 cm³/mol. The summed E-state index contributed by atoms with van der Waals surface area (Å²) in [6.45, 7) is 2.02. The molecule has 2 aliphatic heterocycles. The molecular weight excluding hydrogens is 340 g/mol. The summed E-state index contributed by atoms with van der Waals surface area (Å²) in [5.41, 5.74) is 0.903. The monoisotopic (exact) mass is 362 g/mol. The topological polar surface area (TPSA) is 85.4 Å². The van der Waals surface area contributed by atoms with Crippen LogP contribution in [0.3, 0.4) is 0 Å². The van der Waals surface area contributed by atoms with Gasteiger partial charge in [-0.25, -0.2) is 14.5 Å². The van der Waals surface area contributed by atoms with E-state index in [0.717, 1.165) is 12.8 Å². The molecule has 1 aromatic carbocycles. The number of carbonyl (C=O) groups is 3. The van der Waals surface area contributed by atoms with E-state index in [2.05, 4.69) is 0 Å². The highest BCUT2D eigenvalue weighted by Gasteiger charge is 2.57. The van der Waals surface area contributed by atoms with Crippen molar-refractivity contribution >= 4 is 29.5 Å². The first-order chi connectivity index (χ1) is 12.5. The number of amides is 2. The third-order valence-corrected chi connectivity index (χ3v) is 4.81. The number of methoxy groups -OCH3 is 2. The maximum atomic E-state index is 12.5. The van der Waals surface area contributed by atoms with Gasteiger partial charge in [0.15, 0.2) is 0 Å². The fourth-order valence-corrected chi connectivity index (χ4v) is 3.63. The van der Waals surface area contributed by atoms with E-state index in [9.17, 15) is 14.4 Å². The highest BCUT2D eigenvalue weighted by molar-refractivity contribution is 6.03. The molecule has 0 radical (unpaired) electrons. The number of hydrogen-bond donors (Lipinski definition) is 0. The molecule has 1 aromatic rings. The summed E-state index contributed by atoms with van der Waals surface area (Å²) < 4.78 is 15.4. The van der Waals surface area contributed by atoms with Gasteiger partial charge >= 0.3 is 18.2 Å². The standard InChI is InChI=1S/C18H22N2O6/c1-4-5-8-11-14-15(26-16(11)21)20(18(23)25-3)13-10-7-6-9-12(13)19(14)17(22)24-2/h6-7,9-11,14-15H,4-5,8H2,1-3H3/t11-,14+,15-/m1/s1. The number of anilines is 2. The smallest absolute Gasteiger partial charge is 0.417 e. The first-order valence-electron chi connectivity index (χ1n) is 8.59. The van der Waals surface area contributed by atoms with Crippen LogP contribution in [0, 0.1) is 5.92 Å². The molecule has 1 saturated heterocycles. The molecule has 0 aliphatic carbocycles. The van der Waals surface area contributed by atoms with Crippen molar-refractivity contribution in [3.8, 4) is 0 Å². The molecule has 26 heavy (non-hydrogen) atoms. The molecule has 0 aromatic heterocycles. The second-order valence-electron chi connectivity index (χ2n) is 6.24. The van der Waals surface area contributed by atoms with E-state index in [1.165, 1.54) is 24.0 Å².